The minimum absolute atomic E-state index is 0.121. The molecule has 4 rings (SSSR count). The summed E-state index contributed by atoms with van der Waals surface area (Å²) in [6, 6.07) is 10.4. The monoisotopic (exact) mass is 467 g/mol. The summed E-state index contributed by atoms with van der Waals surface area (Å²) in [5, 5.41) is 0. The van der Waals surface area contributed by atoms with Crippen LogP contribution in [0.5, 0.6) is 0 Å². The third kappa shape index (κ3) is 4.75. The van der Waals surface area contributed by atoms with Gasteiger partial charge in [-0.05, 0) is 41.8 Å². The van der Waals surface area contributed by atoms with Crippen molar-refractivity contribution in [2.75, 3.05) is 43.3 Å². The molecule has 1 saturated heterocycles. The van der Waals surface area contributed by atoms with Crippen LogP contribution in [-0.2, 0) is 29.2 Å². The van der Waals surface area contributed by atoms with Crippen LogP contribution in [0.1, 0.15) is 27.0 Å². The highest BCUT2D eigenvalue weighted by Crippen LogP contribution is 2.31. The first-order chi connectivity index (χ1) is 15.0. The summed E-state index contributed by atoms with van der Waals surface area (Å²) in [5.74, 6) is -0.121. The van der Waals surface area contributed by atoms with E-state index >= 15 is 0 Å². The van der Waals surface area contributed by atoms with Crippen LogP contribution in [-0.4, -0.2) is 63.1 Å². The third-order valence-electron chi connectivity index (χ3n) is 5.90. The van der Waals surface area contributed by atoms with Crippen LogP contribution in [0, 0.1) is 0 Å². The first kappa shape index (κ1) is 22.6. The lowest BCUT2D eigenvalue weighted by atomic mass is 10.1. The van der Waals surface area contributed by atoms with Crippen LogP contribution in [0.3, 0.4) is 0 Å². The quantitative estimate of drug-likeness (QED) is 0.694. The Morgan fingerprint density at radius 2 is 1.72 bits per heavy atom. The number of sulfonamides is 1. The average molecular weight is 468 g/mol. The van der Waals surface area contributed by atoms with Crippen molar-refractivity contribution < 1.29 is 26.4 Å². The van der Waals surface area contributed by atoms with E-state index in [0.717, 1.165) is 11.6 Å². The van der Waals surface area contributed by atoms with Crippen LogP contribution in [0.15, 0.2) is 42.5 Å². The van der Waals surface area contributed by atoms with E-state index in [1.165, 1.54) is 22.7 Å². The van der Waals surface area contributed by atoms with Gasteiger partial charge in [-0.25, -0.2) is 8.42 Å². The van der Waals surface area contributed by atoms with Crippen LogP contribution in [0.2, 0.25) is 0 Å². The zero-order chi connectivity index (χ0) is 23.1. The van der Waals surface area contributed by atoms with Crippen molar-refractivity contribution in [3.05, 3.63) is 64.7 Å². The molecule has 0 radical (unpaired) electrons. The summed E-state index contributed by atoms with van der Waals surface area (Å²) in [6.07, 6.45) is -2.64. The first-order valence-electron chi connectivity index (χ1n) is 10.3. The number of anilines is 1. The molecule has 0 bridgehead atoms. The van der Waals surface area contributed by atoms with Gasteiger partial charge in [0.05, 0.1) is 17.5 Å². The van der Waals surface area contributed by atoms with Crippen LogP contribution in [0.4, 0.5) is 18.9 Å². The molecule has 172 valence electrons. The van der Waals surface area contributed by atoms with E-state index in [2.05, 4.69) is 0 Å². The van der Waals surface area contributed by atoms with Gasteiger partial charge in [0.25, 0.3) is 5.91 Å². The highest BCUT2D eigenvalue weighted by Gasteiger charge is 2.31. The maximum Gasteiger partial charge on any atom is 0.416 e. The van der Waals surface area contributed by atoms with Crippen LogP contribution >= 0.6 is 0 Å². The average Bonchev–Trinajstić information content (AvgIpc) is 3.17. The molecule has 1 fully saturated rings. The molecule has 0 aliphatic carbocycles. The second kappa shape index (κ2) is 8.40. The van der Waals surface area contributed by atoms with Gasteiger partial charge in [0, 0.05) is 44.8 Å². The first-order valence-corrected chi connectivity index (χ1v) is 12.2. The second-order valence-corrected chi connectivity index (χ2v) is 10.1. The second-order valence-electron chi connectivity index (χ2n) is 8.20. The number of hydrogen-bond acceptors (Lipinski definition) is 4. The molecular weight excluding hydrogens is 443 g/mol. The van der Waals surface area contributed by atoms with Gasteiger partial charge in [-0.2, -0.15) is 13.2 Å². The molecule has 32 heavy (non-hydrogen) atoms. The Kier molecular flexibility index (Phi) is 5.93. The molecule has 0 saturated carbocycles. The minimum atomic E-state index is -4.37. The maximum absolute atomic E-state index is 12.9. The molecule has 0 unspecified atom stereocenters. The van der Waals surface area contributed by atoms with E-state index in [0.29, 0.717) is 62.5 Å². The molecule has 2 aromatic rings. The topological polar surface area (TPSA) is 60.9 Å². The van der Waals surface area contributed by atoms with Crippen LogP contribution in [0.25, 0.3) is 0 Å². The molecule has 2 heterocycles. The number of fused-ring (bicyclic) bond motifs is 1. The highest BCUT2D eigenvalue weighted by atomic mass is 32.2. The van der Waals surface area contributed by atoms with Crippen molar-refractivity contribution in [2.24, 2.45) is 0 Å². The molecule has 0 aromatic heterocycles. The Morgan fingerprint density at radius 3 is 2.38 bits per heavy atom. The number of carbonyl (C=O) groups excluding carboxylic acids is 1. The maximum atomic E-state index is 12.9. The normalized spacial score (nSPS) is 17.5. The Hall–Kier alpha value is -2.59. The van der Waals surface area contributed by atoms with Gasteiger partial charge >= 0.3 is 6.18 Å². The molecule has 1 amide bonds. The number of halogens is 3. The van der Waals surface area contributed by atoms with Crippen molar-refractivity contribution >= 4 is 21.6 Å². The predicted molar refractivity (Wildman–Crippen MR) is 115 cm³/mol. The van der Waals surface area contributed by atoms with E-state index in [9.17, 15) is 26.4 Å². The molecule has 2 aromatic carbocycles. The van der Waals surface area contributed by atoms with Gasteiger partial charge in [0.1, 0.15) is 0 Å². The number of rotatable bonds is 4. The largest absolute Gasteiger partial charge is 0.416 e. The number of amides is 1. The van der Waals surface area contributed by atoms with E-state index in [1.807, 2.05) is 4.90 Å². The van der Waals surface area contributed by atoms with Crippen LogP contribution < -0.4 is 4.31 Å². The number of hydrogen-bond donors (Lipinski definition) is 0. The van der Waals surface area contributed by atoms with Gasteiger partial charge < -0.3 is 4.90 Å². The summed E-state index contributed by atoms with van der Waals surface area (Å²) in [4.78, 5) is 16.7. The molecule has 0 N–H and O–H groups in total. The molecule has 2 aliphatic heterocycles. The lowest BCUT2D eigenvalue weighted by Gasteiger charge is -2.35. The molecular formula is C22H24F3N3O3S. The van der Waals surface area contributed by atoms with Gasteiger partial charge in [0.15, 0.2) is 0 Å². The third-order valence-corrected chi connectivity index (χ3v) is 7.08. The lowest BCUT2D eigenvalue weighted by molar-refractivity contribution is -0.137. The minimum Gasteiger partial charge on any atom is -0.336 e. The fraction of sp³-hybridized carbons (Fsp3) is 0.409. The summed E-state index contributed by atoms with van der Waals surface area (Å²) in [5.41, 5.74) is 1.91. The fourth-order valence-corrected chi connectivity index (χ4v) is 5.20. The molecule has 0 spiro atoms. The number of benzene rings is 2. The van der Waals surface area contributed by atoms with Gasteiger partial charge in [-0.15, -0.1) is 0 Å². The van der Waals surface area contributed by atoms with Gasteiger partial charge in [-0.3, -0.25) is 14.0 Å². The van der Waals surface area contributed by atoms with Crippen molar-refractivity contribution in [3.63, 3.8) is 0 Å². The van der Waals surface area contributed by atoms with Crippen molar-refractivity contribution in [2.45, 2.75) is 19.1 Å². The Balaban J connectivity index is 1.37. The van der Waals surface area contributed by atoms with Gasteiger partial charge in [0.2, 0.25) is 10.0 Å². The van der Waals surface area contributed by atoms with E-state index in [1.54, 1.807) is 29.2 Å². The predicted octanol–water partition coefficient (Wildman–Crippen LogP) is 2.99. The van der Waals surface area contributed by atoms with Crippen molar-refractivity contribution in [1.82, 2.24) is 9.80 Å². The van der Waals surface area contributed by atoms with Crippen molar-refractivity contribution in [1.29, 1.82) is 0 Å². The van der Waals surface area contributed by atoms with Gasteiger partial charge in [-0.1, -0.05) is 18.2 Å². The number of alkyl halides is 3. The highest BCUT2D eigenvalue weighted by molar-refractivity contribution is 7.92. The molecule has 2 aliphatic rings. The zero-order valence-electron chi connectivity index (χ0n) is 17.6. The summed E-state index contributed by atoms with van der Waals surface area (Å²) in [7, 11) is -3.34. The van der Waals surface area contributed by atoms with Crippen molar-refractivity contribution in [3.8, 4) is 0 Å². The summed E-state index contributed by atoms with van der Waals surface area (Å²) < 4.78 is 63.9. The Morgan fingerprint density at radius 1 is 1.00 bits per heavy atom. The fourth-order valence-electron chi connectivity index (χ4n) is 4.24. The smallest absolute Gasteiger partial charge is 0.336 e. The van der Waals surface area contributed by atoms with E-state index < -0.39 is 21.8 Å². The van der Waals surface area contributed by atoms with E-state index in [4.69, 9.17) is 0 Å². The standard InChI is InChI=1S/C22H24F3N3O3S/c1-32(30,31)28-8-7-17-14-18(5-6-20(17)28)21(29)27-11-9-26(10-12-27)15-16-3-2-4-19(13-16)22(23,24)25/h2-6,13-14H,7-12,15H2,1H3. The number of piperazine rings is 1. The Labute approximate surface area is 185 Å². The molecule has 6 nitrogen and oxygen atoms in total. The Bertz CT molecular complexity index is 1130. The zero-order valence-corrected chi connectivity index (χ0v) is 18.4. The summed E-state index contributed by atoms with van der Waals surface area (Å²) >= 11 is 0. The number of carbonyl (C=O) groups is 1. The van der Waals surface area contributed by atoms with E-state index in [-0.39, 0.29) is 5.91 Å². The number of nitrogens with zero attached hydrogens (tertiary/aromatic N) is 3. The lowest BCUT2D eigenvalue weighted by Crippen LogP contribution is -2.48. The molecule has 0 atom stereocenters. The SMILES string of the molecule is CS(=O)(=O)N1CCc2cc(C(=O)N3CCN(Cc4cccc(C(F)(F)F)c4)CC3)ccc21. The molecule has 10 heteroatoms. The summed E-state index contributed by atoms with van der Waals surface area (Å²) in [6.45, 7) is 2.85.